The number of hydrogen-bond acceptors (Lipinski definition) is 3. The van der Waals surface area contributed by atoms with Crippen LogP contribution in [0.4, 0.5) is 0 Å². The second kappa shape index (κ2) is 7.24. The Labute approximate surface area is 144 Å². The van der Waals surface area contributed by atoms with E-state index in [1.165, 1.54) is 51.4 Å². The summed E-state index contributed by atoms with van der Waals surface area (Å²) in [5.74, 6) is 3.16. The minimum atomic E-state index is 0.167. The van der Waals surface area contributed by atoms with E-state index in [1.807, 2.05) is 0 Å². The van der Waals surface area contributed by atoms with E-state index >= 15 is 0 Å². The predicted molar refractivity (Wildman–Crippen MR) is 92.5 cm³/mol. The molecule has 132 valence electrons. The molecule has 0 unspecified atom stereocenters. The summed E-state index contributed by atoms with van der Waals surface area (Å²) in [5, 5.41) is 8.97. The van der Waals surface area contributed by atoms with E-state index in [0.717, 1.165) is 50.4 Å². The van der Waals surface area contributed by atoms with Crippen LogP contribution in [0.25, 0.3) is 0 Å². The lowest BCUT2D eigenvalue weighted by atomic mass is 9.86. The summed E-state index contributed by atoms with van der Waals surface area (Å²) in [6, 6.07) is 0.167. The summed E-state index contributed by atoms with van der Waals surface area (Å²) in [6.45, 7) is 1.93. The maximum Gasteiger partial charge on any atom is 0.223 e. The fraction of sp³-hybridized carbons (Fsp3) is 0.842. The van der Waals surface area contributed by atoms with Gasteiger partial charge in [0.15, 0.2) is 5.82 Å². The number of likely N-dealkylation sites (tertiary alicyclic amines) is 1. The average molecular weight is 330 g/mol. The molecule has 1 amide bonds. The van der Waals surface area contributed by atoms with Gasteiger partial charge in [-0.05, 0) is 44.4 Å². The van der Waals surface area contributed by atoms with Crippen LogP contribution >= 0.6 is 0 Å². The molecule has 1 saturated carbocycles. The third-order valence-electron chi connectivity index (χ3n) is 6.20. The molecule has 3 aliphatic rings. The number of hydrogen-bond donors (Lipinski definition) is 0. The van der Waals surface area contributed by atoms with Gasteiger partial charge in [0.2, 0.25) is 5.91 Å². The molecule has 0 bridgehead atoms. The standard InChI is InChI=1S/C19H30N4O/c24-18(14-15-8-3-1-4-9-15)22-13-7-10-16(22)19-21-20-17-11-5-2-6-12-23(17)19/h15-16H,1-14H2/t16-/m1/s1. The zero-order valence-electron chi connectivity index (χ0n) is 14.8. The first-order valence-corrected chi connectivity index (χ1v) is 10.0. The van der Waals surface area contributed by atoms with E-state index in [9.17, 15) is 4.79 Å². The Morgan fingerprint density at radius 3 is 2.62 bits per heavy atom. The average Bonchev–Trinajstić information content (AvgIpc) is 3.17. The number of carbonyl (C=O) groups is 1. The molecule has 0 aromatic carbocycles. The lowest BCUT2D eigenvalue weighted by molar-refractivity contribution is -0.133. The topological polar surface area (TPSA) is 51.0 Å². The van der Waals surface area contributed by atoms with Gasteiger partial charge >= 0.3 is 0 Å². The summed E-state index contributed by atoms with van der Waals surface area (Å²) in [7, 11) is 0. The van der Waals surface area contributed by atoms with Crippen LogP contribution in [0.2, 0.25) is 0 Å². The first kappa shape index (κ1) is 16.1. The van der Waals surface area contributed by atoms with Crippen molar-refractivity contribution in [1.29, 1.82) is 0 Å². The smallest absolute Gasteiger partial charge is 0.223 e. The van der Waals surface area contributed by atoms with Crippen molar-refractivity contribution in [3.05, 3.63) is 11.6 Å². The first-order chi connectivity index (χ1) is 11.8. The summed E-state index contributed by atoms with van der Waals surface area (Å²) >= 11 is 0. The first-order valence-electron chi connectivity index (χ1n) is 10.0. The number of aromatic nitrogens is 3. The summed E-state index contributed by atoms with van der Waals surface area (Å²) in [6.07, 6.45) is 14.1. The molecule has 4 rings (SSSR count). The third-order valence-corrected chi connectivity index (χ3v) is 6.20. The Morgan fingerprint density at radius 1 is 0.917 bits per heavy atom. The molecule has 5 heteroatoms. The highest BCUT2D eigenvalue weighted by Crippen LogP contribution is 2.34. The van der Waals surface area contributed by atoms with Crippen molar-refractivity contribution in [2.75, 3.05) is 6.54 Å². The summed E-state index contributed by atoms with van der Waals surface area (Å²) in [5.41, 5.74) is 0. The largest absolute Gasteiger partial charge is 0.332 e. The maximum atomic E-state index is 12.9. The predicted octanol–water partition coefficient (Wildman–Crippen LogP) is 3.64. The van der Waals surface area contributed by atoms with Crippen LogP contribution < -0.4 is 0 Å². The number of fused-ring (bicyclic) bond motifs is 1. The number of amides is 1. The Bertz CT molecular complexity index is 576. The molecular formula is C19H30N4O. The normalized spacial score (nSPS) is 25.5. The SMILES string of the molecule is O=C(CC1CCCCC1)N1CCC[C@@H]1c1nnc2n1CCCCC2. The van der Waals surface area contributed by atoms with Crippen LogP contribution in [0.1, 0.15) is 88.3 Å². The van der Waals surface area contributed by atoms with E-state index in [2.05, 4.69) is 19.7 Å². The lowest BCUT2D eigenvalue weighted by Gasteiger charge is -2.28. The van der Waals surface area contributed by atoms with Crippen LogP contribution in [-0.2, 0) is 17.8 Å². The molecule has 0 spiro atoms. The van der Waals surface area contributed by atoms with Gasteiger partial charge in [-0.2, -0.15) is 0 Å². The van der Waals surface area contributed by atoms with Crippen LogP contribution in [0, 0.1) is 5.92 Å². The number of carbonyl (C=O) groups excluding carboxylic acids is 1. The van der Waals surface area contributed by atoms with E-state index in [0.29, 0.717) is 11.8 Å². The number of rotatable bonds is 3. The molecule has 1 atom stereocenters. The third kappa shape index (κ3) is 3.22. The van der Waals surface area contributed by atoms with Crippen LogP contribution in [-0.4, -0.2) is 32.1 Å². The zero-order chi connectivity index (χ0) is 16.4. The highest BCUT2D eigenvalue weighted by molar-refractivity contribution is 5.77. The Kier molecular flexibility index (Phi) is 4.86. The minimum Gasteiger partial charge on any atom is -0.332 e. The number of aryl methyl sites for hydroxylation is 1. The van der Waals surface area contributed by atoms with Gasteiger partial charge < -0.3 is 9.47 Å². The molecule has 3 heterocycles. The molecule has 1 aromatic heterocycles. The molecule has 2 fully saturated rings. The van der Waals surface area contributed by atoms with Crippen LogP contribution in [0.5, 0.6) is 0 Å². The zero-order valence-corrected chi connectivity index (χ0v) is 14.8. The molecule has 0 N–H and O–H groups in total. The highest BCUT2D eigenvalue weighted by atomic mass is 16.2. The fourth-order valence-electron chi connectivity index (χ4n) is 4.84. The quantitative estimate of drug-likeness (QED) is 0.850. The molecular weight excluding hydrogens is 300 g/mol. The number of nitrogens with zero attached hydrogens (tertiary/aromatic N) is 4. The van der Waals surface area contributed by atoms with Gasteiger partial charge in [-0.1, -0.05) is 25.7 Å². The van der Waals surface area contributed by atoms with Gasteiger partial charge in [0.05, 0.1) is 6.04 Å². The molecule has 0 radical (unpaired) electrons. The second-order valence-corrected chi connectivity index (χ2v) is 7.89. The molecule has 1 saturated heterocycles. The van der Waals surface area contributed by atoms with Crippen molar-refractivity contribution >= 4 is 5.91 Å². The fourth-order valence-corrected chi connectivity index (χ4v) is 4.84. The van der Waals surface area contributed by atoms with Gasteiger partial charge in [0.1, 0.15) is 5.82 Å². The Hall–Kier alpha value is -1.39. The summed E-state index contributed by atoms with van der Waals surface area (Å²) in [4.78, 5) is 15.0. The highest BCUT2D eigenvalue weighted by Gasteiger charge is 2.35. The van der Waals surface area contributed by atoms with Gasteiger partial charge in [-0.25, -0.2) is 0 Å². The van der Waals surface area contributed by atoms with Crippen molar-refractivity contribution < 1.29 is 4.79 Å². The van der Waals surface area contributed by atoms with Gasteiger partial charge in [-0.3, -0.25) is 4.79 Å². The second-order valence-electron chi connectivity index (χ2n) is 7.89. The lowest BCUT2D eigenvalue weighted by Crippen LogP contribution is -2.33. The summed E-state index contributed by atoms with van der Waals surface area (Å²) < 4.78 is 2.32. The molecule has 24 heavy (non-hydrogen) atoms. The maximum absolute atomic E-state index is 12.9. The van der Waals surface area contributed by atoms with Crippen molar-refractivity contribution in [3.63, 3.8) is 0 Å². The van der Waals surface area contributed by atoms with E-state index in [1.54, 1.807) is 0 Å². The molecule has 1 aromatic rings. The Balaban J connectivity index is 1.48. The van der Waals surface area contributed by atoms with E-state index < -0.39 is 0 Å². The van der Waals surface area contributed by atoms with Crippen molar-refractivity contribution in [2.45, 2.75) is 89.6 Å². The van der Waals surface area contributed by atoms with E-state index in [4.69, 9.17) is 0 Å². The van der Waals surface area contributed by atoms with Gasteiger partial charge in [0, 0.05) is 25.9 Å². The van der Waals surface area contributed by atoms with E-state index in [-0.39, 0.29) is 6.04 Å². The monoisotopic (exact) mass is 330 g/mol. The van der Waals surface area contributed by atoms with Gasteiger partial charge in [0.25, 0.3) is 0 Å². The van der Waals surface area contributed by atoms with Crippen LogP contribution in [0.3, 0.4) is 0 Å². The van der Waals surface area contributed by atoms with Crippen LogP contribution in [0.15, 0.2) is 0 Å². The van der Waals surface area contributed by atoms with Crippen molar-refractivity contribution in [2.24, 2.45) is 5.92 Å². The van der Waals surface area contributed by atoms with Gasteiger partial charge in [-0.15, -0.1) is 10.2 Å². The minimum absolute atomic E-state index is 0.167. The molecule has 1 aliphatic carbocycles. The molecule has 2 aliphatic heterocycles. The Morgan fingerprint density at radius 2 is 1.75 bits per heavy atom. The van der Waals surface area contributed by atoms with Crippen molar-refractivity contribution in [1.82, 2.24) is 19.7 Å². The molecule has 5 nitrogen and oxygen atoms in total. The van der Waals surface area contributed by atoms with Crippen molar-refractivity contribution in [3.8, 4) is 0 Å².